The van der Waals surface area contributed by atoms with Gasteiger partial charge in [-0.05, 0) is 31.1 Å². The lowest BCUT2D eigenvalue weighted by Crippen LogP contribution is -2.38. The lowest BCUT2D eigenvalue weighted by Gasteiger charge is -2.19. The molecule has 2 atom stereocenters. The molecule has 0 spiro atoms. The van der Waals surface area contributed by atoms with Gasteiger partial charge in [0.2, 0.25) is 0 Å². The SMILES string of the molecule is CC(NC(=O)c1cncc(/C=C/C(=O)O)c1)C1CCOC1. The van der Waals surface area contributed by atoms with E-state index in [0.717, 1.165) is 19.1 Å². The molecule has 0 aliphatic carbocycles. The Morgan fingerprint density at radius 3 is 3.00 bits per heavy atom. The molecular formula is C15H18N2O4. The summed E-state index contributed by atoms with van der Waals surface area (Å²) in [6.45, 7) is 3.36. The fourth-order valence-electron chi connectivity index (χ4n) is 2.20. The first kappa shape index (κ1) is 15.2. The predicted octanol–water partition coefficient (Wildman–Crippen LogP) is 1.33. The highest BCUT2D eigenvalue weighted by Crippen LogP contribution is 2.16. The molecule has 0 radical (unpaired) electrons. The Bertz CT molecular complexity index is 550. The van der Waals surface area contributed by atoms with E-state index in [2.05, 4.69) is 10.3 Å². The molecule has 2 rings (SSSR count). The molecule has 21 heavy (non-hydrogen) atoms. The summed E-state index contributed by atoms with van der Waals surface area (Å²) >= 11 is 0. The van der Waals surface area contributed by atoms with E-state index in [1.54, 1.807) is 6.07 Å². The summed E-state index contributed by atoms with van der Waals surface area (Å²) in [7, 11) is 0. The quantitative estimate of drug-likeness (QED) is 0.799. The van der Waals surface area contributed by atoms with Gasteiger partial charge in [-0.2, -0.15) is 0 Å². The number of aromatic nitrogens is 1. The van der Waals surface area contributed by atoms with Crippen LogP contribution in [0.1, 0.15) is 29.3 Å². The van der Waals surface area contributed by atoms with E-state index in [1.807, 2.05) is 6.92 Å². The number of ether oxygens (including phenoxy) is 1. The number of hydrogen-bond acceptors (Lipinski definition) is 4. The number of carboxylic acid groups (broad SMARTS) is 1. The lowest BCUT2D eigenvalue weighted by molar-refractivity contribution is -0.131. The zero-order valence-electron chi connectivity index (χ0n) is 11.8. The predicted molar refractivity (Wildman–Crippen MR) is 76.8 cm³/mol. The normalized spacial score (nSPS) is 19.6. The van der Waals surface area contributed by atoms with Crippen molar-refractivity contribution in [3.63, 3.8) is 0 Å². The first-order valence-corrected chi connectivity index (χ1v) is 6.81. The molecule has 1 aromatic heterocycles. The number of pyridine rings is 1. The van der Waals surface area contributed by atoms with Gasteiger partial charge in [0.05, 0.1) is 12.2 Å². The molecule has 1 amide bonds. The third-order valence-electron chi connectivity index (χ3n) is 3.47. The molecule has 1 aromatic rings. The maximum Gasteiger partial charge on any atom is 0.328 e. The van der Waals surface area contributed by atoms with Crippen LogP contribution in [-0.2, 0) is 9.53 Å². The van der Waals surface area contributed by atoms with Crippen molar-refractivity contribution in [2.24, 2.45) is 5.92 Å². The molecule has 6 nitrogen and oxygen atoms in total. The molecule has 1 fully saturated rings. The van der Waals surface area contributed by atoms with E-state index < -0.39 is 5.97 Å². The van der Waals surface area contributed by atoms with Gasteiger partial charge in [0.1, 0.15) is 0 Å². The van der Waals surface area contributed by atoms with Gasteiger partial charge in [-0.3, -0.25) is 9.78 Å². The smallest absolute Gasteiger partial charge is 0.328 e. The first-order chi connectivity index (χ1) is 10.1. The fraction of sp³-hybridized carbons (Fsp3) is 0.400. The van der Waals surface area contributed by atoms with Gasteiger partial charge >= 0.3 is 5.97 Å². The van der Waals surface area contributed by atoms with Crippen molar-refractivity contribution in [2.75, 3.05) is 13.2 Å². The van der Waals surface area contributed by atoms with Crippen LogP contribution in [0.25, 0.3) is 6.08 Å². The van der Waals surface area contributed by atoms with E-state index in [4.69, 9.17) is 9.84 Å². The van der Waals surface area contributed by atoms with Crippen LogP contribution in [0.5, 0.6) is 0 Å². The number of carboxylic acids is 1. The fourth-order valence-corrected chi connectivity index (χ4v) is 2.20. The molecule has 0 aromatic carbocycles. The third kappa shape index (κ3) is 4.39. The van der Waals surface area contributed by atoms with Crippen LogP contribution in [0.15, 0.2) is 24.5 Å². The van der Waals surface area contributed by atoms with Crippen LogP contribution < -0.4 is 5.32 Å². The van der Waals surface area contributed by atoms with Gasteiger partial charge in [-0.1, -0.05) is 0 Å². The highest BCUT2D eigenvalue weighted by molar-refractivity contribution is 5.95. The summed E-state index contributed by atoms with van der Waals surface area (Å²) in [4.78, 5) is 26.6. The zero-order valence-corrected chi connectivity index (χ0v) is 11.8. The monoisotopic (exact) mass is 290 g/mol. The number of nitrogens with zero attached hydrogens (tertiary/aromatic N) is 1. The lowest BCUT2D eigenvalue weighted by atomic mass is 10.0. The Kier molecular flexibility index (Phi) is 5.05. The molecular weight excluding hydrogens is 272 g/mol. The van der Waals surface area contributed by atoms with Crippen LogP contribution in [-0.4, -0.2) is 41.2 Å². The van der Waals surface area contributed by atoms with Gasteiger partial charge in [0.15, 0.2) is 0 Å². The highest BCUT2D eigenvalue weighted by atomic mass is 16.5. The maximum atomic E-state index is 12.2. The van der Waals surface area contributed by atoms with E-state index in [0.29, 0.717) is 23.7 Å². The standard InChI is InChI=1S/C15H18N2O4/c1-10(12-4-5-21-9-12)17-15(20)13-6-11(7-16-8-13)2-3-14(18)19/h2-3,6-8,10,12H,4-5,9H2,1H3,(H,17,20)(H,18,19)/b3-2+. The van der Waals surface area contributed by atoms with Crippen molar-refractivity contribution in [1.82, 2.24) is 10.3 Å². The number of carbonyl (C=O) groups is 2. The van der Waals surface area contributed by atoms with Crippen LogP contribution in [0, 0.1) is 5.92 Å². The van der Waals surface area contributed by atoms with Gasteiger partial charge in [-0.15, -0.1) is 0 Å². The van der Waals surface area contributed by atoms with Gasteiger partial charge < -0.3 is 15.2 Å². The summed E-state index contributed by atoms with van der Waals surface area (Å²) < 4.78 is 5.31. The second-order valence-electron chi connectivity index (χ2n) is 5.06. The van der Waals surface area contributed by atoms with E-state index >= 15 is 0 Å². The summed E-state index contributed by atoms with van der Waals surface area (Å²) in [5.41, 5.74) is 0.982. The highest BCUT2D eigenvalue weighted by Gasteiger charge is 2.23. The molecule has 1 aliphatic heterocycles. The van der Waals surface area contributed by atoms with Crippen molar-refractivity contribution in [3.05, 3.63) is 35.7 Å². The molecule has 1 saturated heterocycles. The Balaban J connectivity index is 2.01. The summed E-state index contributed by atoms with van der Waals surface area (Å²) in [5.74, 6) is -0.927. The van der Waals surface area contributed by atoms with Crippen LogP contribution in [0.3, 0.4) is 0 Å². The number of aliphatic carboxylic acids is 1. The maximum absolute atomic E-state index is 12.2. The zero-order chi connectivity index (χ0) is 15.2. The number of amides is 1. The van der Waals surface area contributed by atoms with Gasteiger partial charge in [0, 0.05) is 37.0 Å². The molecule has 2 N–H and O–H groups in total. The van der Waals surface area contributed by atoms with E-state index in [1.165, 1.54) is 18.5 Å². The van der Waals surface area contributed by atoms with Crippen molar-refractivity contribution in [3.8, 4) is 0 Å². The second kappa shape index (κ2) is 6.99. The Morgan fingerprint density at radius 1 is 1.52 bits per heavy atom. The molecule has 1 aliphatic rings. The average molecular weight is 290 g/mol. The molecule has 112 valence electrons. The van der Waals surface area contributed by atoms with Crippen LogP contribution in [0.2, 0.25) is 0 Å². The van der Waals surface area contributed by atoms with Crippen LogP contribution >= 0.6 is 0 Å². The largest absolute Gasteiger partial charge is 0.478 e. The molecule has 0 saturated carbocycles. The Morgan fingerprint density at radius 2 is 2.33 bits per heavy atom. The van der Waals surface area contributed by atoms with Crippen molar-refractivity contribution >= 4 is 18.0 Å². The Labute approximate surface area is 122 Å². The van der Waals surface area contributed by atoms with Gasteiger partial charge in [-0.25, -0.2) is 4.79 Å². The molecule has 6 heteroatoms. The minimum atomic E-state index is -1.04. The van der Waals surface area contributed by atoms with Gasteiger partial charge in [0.25, 0.3) is 5.91 Å². The number of rotatable bonds is 5. The minimum absolute atomic E-state index is 0.0261. The summed E-state index contributed by atoms with van der Waals surface area (Å²) in [5, 5.41) is 11.5. The Hall–Kier alpha value is -2.21. The number of carbonyl (C=O) groups excluding carboxylic acids is 1. The number of nitrogens with one attached hydrogen (secondary N) is 1. The minimum Gasteiger partial charge on any atom is -0.478 e. The average Bonchev–Trinajstić information content (AvgIpc) is 2.99. The number of hydrogen-bond donors (Lipinski definition) is 2. The van der Waals surface area contributed by atoms with Crippen molar-refractivity contribution in [1.29, 1.82) is 0 Å². The molecule has 2 unspecified atom stereocenters. The summed E-state index contributed by atoms with van der Waals surface area (Å²) in [6.07, 6.45) is 6.33. The summed E-state index contributed by atoms with van der Waals surface area (Å²) in [6, 6.07) is 1.64. The second-order valence-corrected chi connectivity index (χ2v) is 5.06. The van der Waals surface area contributed by atoms with Crippen molar-refractivity contribution < 1.29 is 19.4 Å². The molecule has 0 bridgehead atoms. The molecule has 2 heterocycles. The first-order valence-electron chi connectivity index (χ1n) is 6.81. The van der Waals surface area contributed by atoms with Crippen LogP contribution in [0.4, 0.5) is 0 Å². The van der Waals surface area contributed by atoms with E-state index in [9.17, 15) is 9.59 Å². The third-order valence-corrected chi connectivity index (χ3v) is 3.47. The van der Waals surface area contributed by atoms with E-state index in [-0.39, 0.29) is 11.9 Å². The topological polar surface area (TPSA) is 88.5 Å². The van der Waals surface area contributed by atoms with Crippen molar-refractivity contribution in [2.45, 2.75) is 19.4 Å².